The Morgan fingerprint density at radius 3 is 2.84 bits per heavy atom. The molecule has 0 spiro atoms. The van der Waals surface area contributed by atoms with Gasteiger partial charge < -0.3 is 19.7 Å². The quantitative estimate of drug-likeness (QED) is 0.803. The zero-order valence-corrected chi connectivity index (χ0v) is 12.6. The Hall–Kier alpha value is -0.810. The molecule has 2 atom stereocenters. The lowest BCUT2D eigenvalue weighted by Gasteiger charge is -2.37. The zero-order valence-electron chi connectivity index (χ0n) is 12.6. The fourth-order valence-electron chi connectivity index (χ4n) is 2.32. The second kappa shape index (κ2) is 8.38. The first-order valence-corrected chi connectivity index (χ1v) is 7.18. The molecular formula is C14H28N2O3. The molecule has 0 bridgehead atoms. The lowest BCUT2D eigenvalue weighted by atomic mass is 10.0. The summed E-state index contributed by atoms with van der Waals surface area (Å²) in [7, 11) is 1.68. The van der Waals surface area contributed by atoms with Gasteiger partial charge in [-0.25, -0.2) is 4.79 Å². The van der Waals surface area contributed by atoms with Crippen LogP contribution in [0.15, 0.2) is 0 Å². The number of amides is 2. The molecule has 5 heteroatoms. The largest absolute Gasteiger partial charge is 0.385 e. The molecule has 1 N–H and O–H groups in total. The van der Waals surface area contributed by atoms with E-state index in [1.54, 1.807) is 7.11 Å². The summed E-state index contributed by atoms with van der Waals surface area (Å²) in [4.78, 5) is 14.2. The highest BCUT2D eigenvalue weighted by Gasteiger charge is 2.28. The van der Waals surface area contributed by atoms with E-state index >= 15 is 0 Å². The number of hydrogen-bond donors (Lipinski definition) is 1. The van der Waals surface area contributed by atoms with Crippen molar-refractivity contribution in [2.24, 2.45) is 5.92 Å². The highest BCUT2D eigenvalue weighted by Crippen LogP contribution is 2.16. The number of ether oxygens (including phenoxy) is 2. The van der Waals surface area contributed by atoms with Crippen molar-refractivity contribution in [3.05, 3.63) is 0 Å². The molecule has 1 rings (SSSR count). The highest BCUT2D eigenvalue weighted by molar-refractivity contribution is 5.75. The fourth-order valence-corrected chi connectivity index (χ4v) is 2.32. The molecule has 1 saturated heterocycles. The normalized spacial score (nSPS) is 21.5. The number of morpholine rings is 1. The molecule has 0 aromatic heterocycles. The molecule has 0 unspecified atom stereocenters. The summed E-state index contributed by atoms with van der Waals surface area (Å²) in [5.41, 5.74) is 0. The average molecular weight is 272 g/mol. The molecule has 5 nitrogen and oxygen atoms in total. The maximum Gasteiger partial charge on any atom is 0.318 e. The molecule has 0 aliphatic carbocycles. The van der Waals surface area contributed by atoms with Gasteiger partial charge in [0.1, 0.15) is 0 Å². The molecular weight excluding hydrogens is 244 g/mol. The highest BCUT2D eigenvalue weighted by atomic mass is 16.5. The fraction of sp³-hybridized carbons (Fsp3) is 0.929. The molecule has 2 amide bonds. The van der Waals surface area contributed by atoms with Gasteiger partial charge in [0.15, 0.2) is 0 Å². The third-order valence-electron chi connectivity index (χ3n) is 3.36. The Morgan fingerprint density at radius 2 is 2.21 bits per heavy atom. The van der Waals surface area contributed by atoms with Crippen LogP contribution >= 0.6 is 0 Å². The summed E-state index contributed by atoms with van der Waals surface area (Å²) in [6.45, 7) is 8.99. The Labute approximate surface area is 116 Å². The van der Waals surface area contributed by atoms with Crippen molar-refractivity contribution < 1.29 is 14.3 Å². The number of hydrogen-bond acceptors (Lipinski definition) is 3. The number of rotatable bonds is 6. The SMILES string of the molecule is COCC[C@H](C)NC(=O)N1CCOC[C@@H]1CC(C)C. The van der Waals surface area contributed by atoms with Crippen LogP contribution in [0.25, 0.3) is 0 Å². The lowest BCUT2D eigenvalue weighted by Crippen LogP contribution is -2.54. The second-order valence-corrected chi connectivity index (χ2v) is 5.68. The first-order valence-electron chi connectivity index (χ1n) is 7.18. The predicted molar refractivity (Wildman–Crippen MR) is 75.3 cm³/mol. The van der Waals surface area contributed by atoms with E-state index in [-0.39, 0.29) is 18.1 Å². The third-order valence-corrected chi connectivity index (χ3v) is 3.36. The Balaban J connectivity index is 2.47. The van der Waals surface area contributed by atoms with Gasteiger partial charge in [-0.15, -0.1) is 0 Å². The summed E-state index contributed by atoms with van der Waals surface area (Å²) in [5.74, 6) is 0.563. The minimum absolute atomic E-state index is 0.0255. The third kappa shape index (κ3) is 5.78. The van der Waals surface area contributed by atoms with E-state index in [2.05, 4.69) is 19.2 Å². The van der Waals surface area contributed by atoms with Gasteiger partial charge in [0, 0.05) is 26.3 Å². The van der Waals surface area contributed by atoms with Gasteiger partial charge >= 0.3 is 6.03 Å². The van der Waals surface area contributed by atoms with E-state index in [4.69, 9.17) is 9.47 Å². The molecule has 1 aliphatic heterocycles. The van der Waals surface area contributed by atoms with Crippen LogP contribution in [-0.4, -0.2) is 56.5 Å². The van der Waals surface area contributed by atoms with Crippen molar-refractivity contribution in [1.29, 1.82) is 0 Å². The van der Waals surface area contributed by atoms with Crippen LogP contribution in [0.1, 0.15) is 33.6 Å². The molecule has 0 saturated carbocycles. The maximum absolute atomic E-state index is 12.3. The van der Waals surface area contributed by atoms with Crippen molar-refractivity contribution in [3.63, 3.8) is 0 Å². The molecule has 0 radical (unpaired) electrons. The van der Waals surface area contributed by atoms with E-state index in [9.17, 15) is 4.79 Å². The first kappa shape index (κ1) is 16.2. The summed E-state index contributed by atoms with van der Waals surface area (Å²) in [6, 6.07) is 0.357. The van der Waals surface area contributed by atoms with Gasteiger partial charge in [-0.1, -0.05) is 13.8 Å². The van der Waals surface area contributed by atoms with E-state index in [0.29, 0.717) is 32.3 Å². The molecule has 112 valence electrons. The number of methoxy groups -OCH3 is 1. The standard InChI is InChI=1S/C14H28N2O3/c1-11(2)9-13-10-19-8-6-16(13)14(17)15-12(3)5-7-18-4/h11-13H,5-10H2,1-4H3,(H,15,17)/t12-,13-/m0/s1. The zero-order chi connectivity index (χ0) is 14.3. The van der Waals surface area contributed by atoms with Crippen LogP contribution in [0.2, 0.25) is 0 Å². The van der Waals surface area contributed by atoms with Crippen LogP contribution in [0.5, 0.6) is 0 Å². The summed E-state index contributed by atoms with van der Waals surface area (Å²) >= 11 is 0. The van der Waals surface area contributed by atoms with E-state index < -0.39 is 0 Å². The van der Waals surface area contributed by atoms with E-state index in [1.807, 2.05) is 11.8 Å². The molecule has 1 fully saturated rings. The molecule has 1 aliphatic rings. The Bertz CT molecular complexity index is 271. The Kier molecular flexibility index (Phi) is 7.16. The topological polar surface area (TPSA) is 50.8 Å². The minimum Gasteiger partial charge on any atom is -0.385 e. The summed E-state index contributed by atoms with van der Waals surface area (Å²) in [6.07, 6.45) is 1.82. The number of nitrogens with one attached hydrogen (secondary N) is 1. The van der Waals surface area contributed by atoms with E-state index in [1.165, 1.54) is 0 Å². The molecule has 19 heavy (non-hydrogen) atoms. The average Bonchev–Trinajstić information content (AvgIpc) is 2.36. The van der Waals surface area contributed by atoms with Crippen molar-refractivity contribution in [2.75, 3.05) is 33.5 Å². The number of carbonyl (C=O) groups excluding carboxylic acids is 1. The Morgan fingerprint density at radius 1 is 1.47 bits per heavy atom. The van der Waals surface area contributed by atoms with Crippen molar-refractivity contribution in [1.82, 2.24) is 10.2 Å². The second-order valence-electron chi connectivity index (χ2n) is 5.68. The van der Waals surface area contributed by atoms with Crippen molar-refractivity contribution in [2.45, 2.75) is 45.7 Å². The monoisotopic (exact) mass is 272 g/mol. The molecule has 0 aromatic rings. The van der Waals surface area contributed by atoms with Gasteiger partial charge in [0.2, 0.25) is 0 Å². The van der Waals surface area contributed by atoms with Gasteiger partial charge in [0.25, 0.3) is 0 Å². The number of carbonyl (C=O) groups is 1. The van der Waals surface area contributed by atoms with Crippen molar-refractivity contribution >= 4 is 6.03 Å². The maximum atomic E-state index is 12.3. The first-order chi connectivity index (χ1) is 9.04. The van der Waals surface area contributed by atoms with Gasteiger partial charge in [-0.2, -0.15) is 0 Å². The lowest BCUT2D eigenvalue weighted by molar-refractivity contribution is 0.00493. The van der Waals surface area contributed by atoms with Crippen LogP contribution in [-0.2, 0) is 9.47 Å². The minimum atomic E-state index is 0.0255. The van der Waals surface area contributed by atoms with Crippen LogP contribution in [0, 0.1) is 5.92 Å². The predicted octanol–water partition coefficient (Wildman–Crippen LogP) is 1.87. The van der Waals surface area contributed by atoms with Gasteiger partial charge in [-0.05, 0) is 25.7 Å². The van der Waals surface area contributed by atoms with Gasteiger partial charge in [0.05, 0.1) is 19.3 Å². The van der Waals surface area contributed by atoms with Crippen LogP contribution < -0.4 is 5.32 Å². The van der Waals surface area contributed by atoms with E-state index in [0.717, 1.165) is 12.8 Å². The van der Waals surface area contributed by atoms with Crippen molar-refractivity contribution in [3.8, 4) is 0 Å². The molecule has 1 heterocycles. The van der Waals surface area contributed by atoms with Gasteiger partial charge in [-0.3, -0.25) is 0 Å². The number of urea groups is 1. The molecule has 0 aromatic carbocycles. The summed E-state index contributed by atoms with van der Waals surface area (Å²) < 4.78 is 10.5. The van der Waals surface area contributed by atoms with Crippen LogP contribution in [0.3, 0.4) is 0 Å². The van der Waals surface area contributed by atoms with Crippen LogP contribution in [0.4, 0.5) is 4.79 Å². The summed E-state index contributed by atoms with van der Waals surface area (Å²) in [5, 5.41) is 3.04. The smallest absolute Gasteiger partial charge is 0.318 e. The number of nitrogens with zero attached hydrogens (tertiary/aromatic N) is 1.